The summed E-state index contributed by atoms with van der Waals surface area (Å²) in [5, 5.41) is 0. The van der Waals surface area contributed by atoms with Gasteiger partial charge in [-0.3, -0.25) is 14.3 Å². The van der Waals surface area contributed by atoms with Gasteiger partial charge >= 0.3 is 5.69 Å². The molecule has 2 heterocycles. The summed E-state index contributed by atoms with van der Waals surface area (Å²) in [7, 11) is 3.26. The normalized spacial score (nSPS) is 30.0. The van der Waals surface area contributed by atoms with Crippen molar-refractivity contribution in [3.63, 3.8) is 0 Å². The zero-order chi connectivity index (χ0) is 15.2. The number of hydrogen-bond acceptors (Lipinski definition) is 5. The molecule has 0 aromatic carbocycles. The lowest BCUT2D eigenvalue weighted by molar-refractivity contribution is -0.0625. The van der Waals surface area contributed by atoms with Crippen LogP contribution in [0.15, 0.2) is 15.8 Å². The minimum Gasteiger partial charge on any atom is -0.382 e. The number of ether oxygens (including phenoxy) is 3. The number of aromatic amines is 1. The second-order valence-electron chi connectivity index (χ2n) is 5.85. The van der Waals surface area contributed by atoms with Crippen LogP contribution in [0.2, 0.25) is 0 Å². The smallest absolute Gasteiger partial charge is 0.330 e. The van der Waals surface area contributed by atoms with Crippen molar-refractivity contribution in [1.29, 1.82) is 0 Å². The first-order valence-electron chi connectivity index (χ1n) is 7.03. The number of hydrogen-bond donors (Lipinski definition) is 1. The van der Waals surface area contributed by atoms with E-state index in [0.717, 1.165) is 12.8 Å². The Labute approximate surface area is 121 Å². The molecular formula is C14H20N2O5. The maximum absolute atomic E-state index is 12.1. The molecule has 1 saturated carbocycles. The minimum absolute atomic E-state index is 0.110. The molecule has 1 aromatic heterocycles. The Morgan fingerprint density at radius 3 is 2.71 bits per heavy atom. The molecule has 2 fully saturated rings. The maximum atomic E-state index is 12.1. The molecule has 2 aliphatic rings. The van der Waals surface area contributed by atoms with E-state index in [4.69, 9.17) is 14.2 Å². The van der Waals surface area contributed by atoms with Gasteiger partial charge in [0.2, 0.25) is 0 Å². The lowest BCUT2D eigenvalue weighted by Crippen LogP contribution is -2.37. The van der Waals surface area contributed by atoms with Crippen molar-refractivity contribution in [2.45, 2.75) is 38.2 Å². The molecule has 3 atom stereocenters. The van der Waals surface area contributed by atoms with Crippen molar-refractivity contribution in [2.75, 3.05) is 20.8 Å². The zero-order valence-corrected chi connectivity index (χ0v) is 12.4. The Hall–Kier alpha value is -1.44. The summed E-state index contributed by atoms with van der Waals surface area (Å²) in [5.74, 6) is 0. The zero-order valence-electron chi connectivity index (χ0n) is 12.4. The van der Waals surface area contributed by atoms with Gasteiger partial charge in [0.1, 0.15) is 12.3 Å². The molecule has 7 heteroatoms. The number of rotatable bonds is 4. The predicted molar refractivity (Wildman–Crippen MR) is 74.3 cm³/mol. The van der Waals surface area contributed by atoms with E-state index in [0.29, 0.717) is 12.2 Å². The average Bonchev–Trinajstić information content (AvgIpc) is 3.16. The maximum Gasteiger partial charge on any atom is 0.330 e. The fraction of sp³-hybridized carbons (Fsp3) is 0.714. The molecule has 1 N–H and O–H groups in total. The highest BCUT2D eigenvalue weighted by molar-refractivity contribution is 5.12. The van der Waals surface area contributed by atoms with E-state index in [9.17, 15) is 9.59 Å². The van der Waals surface area contributed by atoms with Gasteiger partial charge in [0, 0.05) is 31.4 Å². The molecule has 1 aliphatic heterocycles. The SMILES string of the molecule is COC[C@H]1O[C@@H](n2cc(C)c(=O)[nH]c2=O)C2(CC2)[C@@H]1OC. The van der Waals surface area contributed by atoms with Gasteiger partial charge in [-0.05, 0) is 19.8 Å². The van der Waals surface area contributed by atoms with Crippen molar-refractivity contribution in [3.05, 3.63) is 32.6 Å². The van der Waals surface area contributed by atoms with Gasteiger partial charge in [0.05, 0.1) is 12.7 Å². The number of nitrogens with one attached hydrogen (secondary N) is 1. The molecule has 0 unspecified atom stereocenters. The fourth-order valence-electron chi connectivity index (χ4n) is 3.34. The first-order chi connectivity index (χ1) is 10.0. The summed E-state index contributed by atoms with van der Waals surface area (Å²) in [6, 6.07) is 0. The lowest BCUT2D eigenvalue weighted by atomic mass is 9.96. The Bertz CT molecular complexity index is 645. The van der Waals surface area contributed by atoms with Crippen LogP contribution in [0.1, 0.15) is 24.6 Å². The van der Waals surface area contributed by atoms with Crippen LogP contribution in [-0.2, 0) is 14.2 Å². The van der Waals surface area contributed by atoms with E-state index in [2.05, 4.69) is 4.98 Å². The highest BCUT2D eigenvalue weighted by atomic mass is 16.6. The highest BCUT2D eigenvalue weighted by Gasteiger charge is 2.65. The lowest BCUT2D eigenvalue weighted by Gasteiger charge is -2.23. The van der Waals surface area contributed by atoms with Crippen LogP contribution in [0.5, 0.6) is 0 Å². The van der Waals surface area contributed by atoms with Crippen LogP contribution in [0.25, 0.3) is 0 Å². The van der Waals surface area contributed by atoms with Gasteiger partial charge in [-0.25, -0.2) is 4.79 Å². The van der Waals surface area contributed by atoms with Crippen LogP contribution in [-0.4, -0.2) is 42.6 Å². The minimum atomic E-state index is -0.449. The van der Waals surface area contributed by atoms with Gasteiger partial charge in [-0.2, -0.15) is 0 Å². The molecule has 3 rings (SSSR count). The predicted octanol–water partition coefficient (Wildman–Crippen LogP) is 0.184. The number of nitrogens with zero attached hydrogens (tertiary/aromatic N) is 1. The van der Waals surface area contributed by atoms with E-state index >= 15 is 0 Å². The van der Waals surface area contributed by atoms with Gasteiger partial charge in [-0.1, -0.05) is 0 Å². The van der Waals surface area contributed by atoms with Crippen LogP contribution < -0.4 is 11.2 Å². The molecule has 7 nitrogen and oxygen atoms in total. The second-order valence-corrected chi connectivity index (χ2v) is 5.85. The molecule has 116 valence electrons. The van der Waals surface area contributed by atoms with E-state index in [1.807, 2.05) is 0 Å². The molecule has 0 bridgehead atoms. The number of methoxy groups -OCH3 is 2. The first kappa shape index (κ1) is 14.5. The Balaban J connectivity index is 2.01. The Morgan fingerprint density at radius 1 is 1.43 bits per heavy atom. The molecule has 0 radical (unpaired) electrons. The number of H-pyrrole nitrogens is 1. The standard InChI is InChI=1S/C14H20N2O5/c1-8-6-16(13(18)15-11(8)17)12-14(4-5-14)10(20-3)9(21-12)7-19-2/h6,9-10,12H,4-5,7H2,1-3H3,(H,15,17,18)/t9-,10-,12-/m1/s1. The van der Waals surface area contributed by atoms with E-state index in [1.165, 1.54) is 4.57 Å². The Morgan fingerprint density at radius 2 is 2.14 bits per heavy atom. The van der Waals surface area contributed by atoms with Crippen molar-refractivity contribution in [3.8, 4) is 0 Å². The quantitative estimate of drug-likeness (QED) is 0.857. The molecule has 1 aliphatic carbocycles. The molecule has 1 saturated heterocycles. The third-order valence-corrected chi connectivity index (χ3v) is 4.51. The van der Waals surface area contributed by atoms with E-state index in [1.54, 1.807) is 27.3 Å². The Kier molecular flexibility index (Phi) is 3.51. The highest BCUT2D eigenvalue weighted by Crippen LogP contribution is 2.63. The number of aromatic nitrogens is 2. The third kappa shape index (κ3) is 2.16. The van der Waals surface area contributed by atoms with Gasteiger partial charge in [-0.15, -0.1) is 0 Å². The summed E-state index contributed by atoms with van der Waals surface area (Å²) in [6.45, 7) is 2.08. The fourth-order valence-corrected chi connectivity index (χ4v) is 3.34. The topological polar surface area (TPSA) is 82.5 Å². The van der Waals surface area contributed by atoms with Crippen LogP contribution in [0.4, 0.5) is 0 Å². The van der Waals surface area contributed by atoms with Gasteiger partial charge < -0.3 is 14.2 Å². The van der Waals surface area contributed by atoms with Crippen molar-refractivity contribution < 1.29 is 14.2 Å². The van der Waals surface area contributed by atoms with Gasteiger partial charge in [0.15, 0.2) is 0 Å². The van der Waals surface area contributed by atoms with Gasteiger partial charge in [0.25, 0.3) is 5.56 Å². The van der Waals surface area contributed by atoms with E-state index < -0.39 is 11.9 Å². The summed E-state index contributed by atoms with van der Waals surface area (Å²) in [4.78, 5) is 26.0. The van der Waals surface area contributed by atoms with Crippen LogP contribution in [0, 0.1) is 12.3 Å². The molecule has 1 aromatic rings. The molecule has 1 spiro atoms. The largest absolute Gasteiger partial charge is 0.382 e. The summed E-state index contributed by atoms with van der Waals surface area (Å²) >= 11 is 0. The first-order valence-corrected chi connectivity index (χ1v) is 7.03. The van der Waals surface area contributed by atoms with E-state index in [-0.39, 0.29) is 23.2 Å². The molecule has 21 heavy (non-hydrogen) atoms. The van der Waals surface area contributed by atoms with Crippen LogP contribution in [0.3, 0.4) is 0 Å². The van der Waals surface area contributed by atoms with Crippen molar-refractivity contribution >= 4 is 0 Å². The second kappa shape index (κ2) is 5.08. The molecule has 0 amide bonds. The number of aryl methyl sites for hydroxylation is 1. The monoisotopic (exact) mass is 296 g/mol. The third-order valence-electron chi connectivity index (χ3n) is 4.51. The molecular weight excluding hydrogens is 276 g/mol. The van der Waals surface area contributed by atoms with Crippen molar-refractivity contribution in [1.82, 2.24) is 9.55 Å². The summed E-state index contributed by atoms with van der Waals surface area (Å²) in [6.07, 6.45) is 2.68. The van der Waals surface area contributed by atoms with Crippen LogP contribution >= 0.6 is 0 Å². The average molecular weight is 296 g/mol. The summed E-state index contributed by atoms with van der Waals surface area (Å²) < 4.78 is 18.3. The van der Waals surface area contributed by atoms with Crippen molar-refractivity contribution in [2.24, 2.45) is 5.41 Å². The summed E-state index contributed by atoms with van der Waals surface area (Å²) in [5.41, 5.74) is -0.532.